The van der Waals surface area contributed by atoms with Crippen molar-refractivity contribution in [1.29, 1.82) is 0 Å². The number of ether oxygens (including phenoxy) is 3. The van der Waals surface area contributed by atoms with Crippen LogP contribution >= 0.6 is 11.8 Å². The van der Waals surface area contributed by atoms with E-state index in [4.69, 9.17) is 14.2 Å². The number of hydrogen-bond acceptors (Lipinski definition) is 7. The van der Waals surface area contributed by atoms with Gasteiger partial charge >= 0.3 is 0 Å². The summed E-state index contributed by atoms with van der Waals surface area (Å²) in [5.41, 5.74) is 3.60. The predicted molar refractivity (Wildman–Crippen MR) is 135 cm³/mol. The molecular weight excluding hydrogens is 464 g/mol. The highest BCUT2D eigenvalue weighted by molar-refractivity contribution is 8.00. The van der Waals surface area contributed by atoms with Gasteiger partial charge in [0.2, 0.25) is 12.7 Å². The van der Waals surface area contributed by atoms with Crippen molar-refractivity contribution in [3.63, 3.8) is 0 Å². The number of thioether (sulfide) groups is 1. The van der Waals surface area contributed by atoms with Crippen molar-refractivity contribution in [3.05, 3.63) is 72.3 Å². The number of nitrogens with zero attached hydrogens (tertiary/aromatic N) is 3. The van der Waals surface area contributed by atoms with Gasteiger partial charge in [0.1, 0.15) is 5.75 Å². The van der Waals surface area contributed by atoms with Crippen LogP contribution in [0.3, 0.4) is 0 Å². The highest BCUT2D eigenvalue weighted by Crippen LogP contribution is 2.35. The van der Waals surface area contributed by atoms with Gasteiger partial charge in [0.25, 0.3) is 0 Å². The van der Waals surface area contributed by atoms with Crippen LogP contribution in [0.15, 0.2) is 71.9 Å². The van der Waals surface area contributed by atoms with Crippen LogP contribution in [0.1, 0.15) is 12.5 Å². The van der Waals surface area contributed by atoms with Crippen molar-refractivity contribution in [2.75, 3.05) is 19.2 Å². The smallest absolute Gasteiger partial charge is 0.237 e. The summed E-state index contributed by atoms with van der Waals surface area (Å²) in [5.74, 6) is 2.58. The number of fused-ring (bicyclic) bond motifs is 1. The first kappa shape index (κ1) is 22.8. The molecule has 0 aliphatic carbocycles. The minimum absolute atomic E-state index is 0.154. The third-order valence-electron chi connectivity index (χ3n) is 5.57. The second kappa shape index (κ2) is 9.71. The number of amides is 1. The van der Waals surface area contributed by atoms with E-state index >= 15 is 0 Å². The van der Waals surface area contributed by atoms with Crippen LogP contribution in [0.2, 0.25) is 0 Å². The second-order valence-corrected chi connectivity index (χ2v) is 9.33. The molecule has 1 aliphatic rings. The molecule has 8 nitrogen and oxygen atoms in total. The van der Waals surface area contributed by atoms with Gasteiger partial charge < -0.3 is 19.5 Å². The molecule has 1 atom stereocenters. The first-order valence-electron chi connectivity index (χ1n) is 11.1. The summed E-state index contributed by atoms with van der Waals surface area (Å²) in [6.07, 6.45) is 0. The van der Waals surface area contributed by atoms with Gasteiger partial charge in [-0.25, -0.2) is 0 Å². The first-order chi connectivity index (χ1) is 17.0. The summed E-state index contributed by atoms with van der Waals surface area (Å²) in [5, 5.41) is 12.0. The van der Waals surface area contributed by atoms with Crippen LogP contribution in [-0.4, -0.2) is 39.8 Å². The van der Waals surface area contributed by atoms with Crippen molar-refractivity contribution in [2.24, 2.45) is 0 Å². The van der Waals surface area contributed by atoms with E-state index in [0.29, 0.717) is 28.2 Å². The van der Waals surface area contributed by atoms with Crippen molar-refractivity contribution in [3.8, 4) is 34.3 Å². The number of carbonyl (C=O) groups excluding carboxylic acids is 1. The molecule has 1 aliphatic heterocycles. The summed E-state index contributed by atoms with van der Waals surface area (Å²) < 4.78 is 18.0. The Labute approximate surface area is 207 Å². The molecule has 0 saturated carbocycles. The van der Waals surface area contributed by atoms with Crippen LogP contribution in [0.4, 0.5) is 5.69 Å². The number of carbonyl (C=O) groups is 1. The third kappa shape index (κ3) is 4.81. The number of aryl methyl sites for hydroxylation is 1. The normalized spacial score (nSPS) is 12.9. The number of benzene rings is 3. The molecule has 5 rings (SSSR count). The fraction of sp³-hybridized carbons (Fsp3) is 0.192. The molecular formula is C26H24N4O4S. The Morgan fingerprint density at radius 2 is 1.77 bits per heavy atom. The lowest BCUT2D eigenvalue weighted by Crippen LogP contribution is -2.22. The zero-order valence-corrected chi connectivity index (χ0v) is 20.3. The number of rotatable bonds is 7. The fourth-order valence-corrected chi connectivity index (χ4v) is 4.50. The standard InChI is InChI=1S/C26H24N4O4S/c1-16-4-9-20(10-5-16)30-24(18-6-11-21(32-3)12-7-18)28-29-26(30)35-17(2)25(31)27-19-8-13-22-23(14-19)34-15-33-22/h4-14,17H,15H2,1-3H3,(H,27,31). The topological polar surface area (TPSA) is 87.5 Å². The molecule has 35 heavy (non-hydrogen) atoms. The molecule has 0 radical (unpaired) electrons. The quantitative estimate of drug-likeness (QED) is 0.362. The lowest BCUT2D eigenvalue weighted by molar-refractivity contribution is -0.115. The molecule has 0 spiro atoms. The Balaban J connectivity index is 1.41. The van der Waals surface area contributed by atoms with Gasteiger partial charge in [-0.2, -0.15) is 0 Å². The Bertz CT molecular complexity index is 1350. The lowest BCUT2D eigenvalue weighted by Gasteiger charge is -2.14. The van der Waals surface area contributed by atoms with Crippen LogP contribution in [-0.2, 0) is 4.79 Å². The molecule has 9 heteroatoms. The summed E-state index contributed by atoms with van der Waals surface area (Å²) in [6.45, 7) is 4.07. The molecule has 3 aromatic carbocycles. The Morgan fingerprint density at radius 3 is 2.51 bits per heavy atom. The zero-order chi connectivity index (χ0) is 24.4. The molecule has 1 amide bonds. The van der Waals surface area contributed by atoms with E-state index in [1.54, 1.807) is 25.3 Å². The molecule has 0 bridgehead atoms. The monoisotopic (exact) mass is 488 g/mol. The van der Waals surface area contributed by atoms with E-state index in [1.165, 1.54) is 11.8 Å². The molecule has 0 saturated heterocycles. The molecule has 1 unspecified atom stereocenters. The summed E-state index contributed by atoms with van der Waals surface area (Å²) in [6, 6.07) is 21.1. The van der Waals surface area contributed by atoms with Crippen LogP contribution < -0.4 is 19.5 Å². The summed E-state index contributed by atoms with van der Waals surface area (Å²) in [4.78, 5) is 13.0. The van der Waals surface area contributed by atoms with Gasteiger partial charge in [0.05, 0.1) is 12.4 Å². The van der Waals surface area contributed by atoms with E-state index in [-0.39, 0.29) is 12.7 Å². The summed E-state index contributed by atoms with van der Waals surface area (Å²) in [7, 11) is 1.63. The minimum atomic E-state index is -0.433. The number of methoxy groups -OCH3 is 1. The van der Waals surface area contributed by atoms with Gasteiger partial charge in [-0.05, 0) is 62.4 Å². The molecule has 1 aromatic heterocycles. The molecule has 0 fully saturated rings. The van der Waals surface area contributed by atoms with Gasteiger partial charge in [-0.3, -0.25) is 9.36 Å². The van der Waals surface area contributed by atoms with Crippen molar-refractivity contribution >= 4 is 23.4 Å². The van der Waals surface area contributed by atoms with Crippen LogP contribution in [0.5, 0.6) is 17.2 Å². The molecule has 1 N–H and O–H groups in total. The molecule has 178 valence electrons. The predicted octanol–water partition coefficient (Wildman–Crippen LogP) is 5.10. The molecule has 2 heterocycles. The number of nitrogens with one attached hydrogen (secondary N) is 1. The van der Waals surface area contributed by atoms with Gasteiger partial charge in [-0.15, -0.1) is 10.2 Å². The van der Waals surface area contributed by atoms with E-state index < -0.39 is 5.25 Å². The van der Waals surface area contributed by atoms with E-state index in [2.05, 4.69) is 15.5 Å². The van der Waals surface area contributed by atoms with Gasteiger partial charge in [0, 0.05) is 23.0 Å². The Hall–Kier alpha value is -3.98. The maximum Gasteiger partial charge on any atom is 0.237 e. The maximum absolute atomic E-state index is 13.0. The third-order valence-corrected chi connectivity index (χ3v) is 6.61. The molecule has 4 aromatic rings. The minimum Gasteiger partial charge on any atom is -0.497 e. The highest BCUT2D eigenvalue weighted by atomic mass is 32.2. The van der Waals surface area contributed by atoms with Crippen molar-refractivity contribution < 1.29 is 19.0 Å². The first-order valence-corrected chi connectivity index (χ1v) is 11.9. The van der Waals surface area contributed by atoms with Gasteiger partial charge in [0.15, 0.2) is 22.5 Å². The fourth-order valence-electron chi connectivity index (χ4n) is 3.63. The van der Waals surface area contributed by atoms with Crippen molar-refractivity contribution in [2.45, 2.75) is 24.3 Å². The number of hydrogen-bond donors (Lipinski definition) is 1. The average Bonchev–Trinajstić information content (AvgIpc) is 3.51. The van der Waals surface area contributed by atoms with Gasteiger partial charge in [-0.1, -0.05) is 29.5 Å². The maximum atomic E-state index is 13.0. The number of aromatic nitrogens is 3. The van der Waals surface area contributed by atoms with Crippen LogP contribution in [0.25, 0.3) is 17.1 Å². The van der Waals surface area contributed by atoms with Crippen molar-refractivity contribution in [1.82, 2.24) is 14.8 Å². The number of anilines is 1. The SMILES string of the molecule is COc1ccc(-c2nnc(SC(C)C(=O)Nc3ccc4c(c3)OCO4)n2-c2ccc(C)cc2)cc1. The second-order valence-electron chi connectivity index (χ2n) is 8.02. The summed E-state index contributed by atoms with van der Waals surface area (Å²) >= 11 is 1.34. The zero-order valence-electron chi connectivity index (χ0n) is 19.5. The Kier molecular flexibility index (Phi) is 6.33. The van der Waals surface area contributed by atoms with Crippen LogP contribution in [0, 0.1) is 6.92 Å². The average molecular weight is 489 g/mol. The van der Waals surface area contributed by atoms with E-state index in [0.717, 1.165) is 22.6 Å². The lowest BCUT2D eigenvalue weighted by atomic mass is 10.2. The van der Waals surface area contributed by atoms with E-state index in [1.807, 2.05) is 66.9 Å². The largest absolute Gasteiger partial charge is 0.497 e. The Morgan fingerprint density at radius 1 is 1.03 bits per heavy atom. The van der Waals surface area contributed by atoms with E-state index in [9.17, 15) is 4.79 Å². The highest BCUT2D eigenvalue weighted by Gasteiger charge is 2.23.